The third kappa shape index (κ3) is 3.35. The van der Waals surface area contributed by atoms with E-state index in [9.17, 15) is 0 Å². The van der Waals surface area contributed by atoms with Crippen LogP contribution in [0.25, 0.3) is 10.9 Å². The molecule has 3 rings (SSSR count). The number of nitrogens with two attached hydrogens (primary N) is 1. The third-order valence-corrected chi connectivity index (χ3v) is 3.46. The molecule has 0 atom stereocenters. The fraction of sp³-hybridized carbons (Fsp3) is 0.167. The van der Waals surface area contributed by atoms with E-state index in [-0.39, 0.29) is 13.2 Å². The number of benzene rings is 2. The van der Waals surface area contributed by atoms with E-state index in [0.717, 1.165) is 22.2 Å². The number of hydrogen-bond acceptors (Lipinski definition) is 5. The Morgan fingerprint density at radius 1 is 1.09 bits per heavy atom. The molecule has 3 N–H and O–H groups in total. The highest BCUT2D eigenvalue weighted by atomic mass is 16.5. The SMILES string of the molecule is Cc1cc2c(Oc3ccc(N)cc3)ccnc2cc1OCCO. The lowest BCUT2D eigenvalue weighted by molar-refractivity contribution is 0.201. The Morgan fingerprint density at radius 3 is 2.61 bits per heavy atom. The lowest BCUT2D eigenvalue weighted by Gasteiger charge is -2.12. The van der Waals surface area contributed by atoms with Crippen molar-refractivity contribution in [2.75, 3.05) is 18.9 Å². The van der Waals surface area contributed by atoms with Crippen molar-refractivity contribution in [3.05, 3.63) is 54.2 Å². The third-order valence-electron chi connectivity index (χ3n) is 3.46. The summed E-state index contributed by atoms with van der Waals surface area (Å²) in [6.45, 7) is 2.19. The molecule has 0 aliphatic heterocycles. The molecule has 0 aliphatic rings. The van der Waals surface area contributed by atoms with E-state index in [1.165, 1.54) is 0 Å². The Labute approximate surface area is 134 Å². The second-order valence-electron chi connectivity index (χ2n) is 5.19. The minimum Gasteiger partial charge on any atom is -0.491 e. The molecule has 0 unspecified atom stereocenters. The molecule has 0 aliphatic carbocycles. The Kier molecular flexibility index (Phi) is 4.30. The highest BCUT2D eigenvalue weighted by Gasteiger charge is 2.09. The fourth-order valence-corrected chi connectivity index (χ4v) is 2.32. The summed E-state index contributed by atoms with van der Waals surface area (Å²) in [5.74, 6) is 2.14. The van der Waals surface area contributed by atoms with Crippen LogP contribution in [0, 0.1) is 6.92 Å². The van der Waals surface area contributed by atoms with Gasteiger partial charge < -0.3 is 20.3 Å². The molecular weight excluding hydrogens is 292 g/mol. The maximum atomic E-state index is 8.89. The van der Waals surface area contributed by atoms with E-state index in [2.05, 4.69) is 4.98 Å². The van der Waals surface area contributed by atoms with Crippen molar-refractivity contribution in [3.63, 3.8) is 0 Å². The summed E-state index contributed by atoms with van der Waals surface area (Å²) in [4.78, 5) is 4.36. The molecule has 0 fully saturated rings. The van der Waals surface area contributed by atoms with Gasteiger partial charge in [-0.1, -0.05) is 0 Å². The zero-order valence-electron chi connectivity index (χ0n) is 12.8. The predicted octanol–water partition coefficient (Wildman–Crippen LogP) is 3.29. The van der Waals surface area contributed by atoms with Gasteiger partial charge in [-0.3, -0.25) is 4.98 Å². The number of anilines is 1. The van der Waals surface area contributed by atoms with E-state index < -0.39 is 0 Å². The number of fused-ring (bicyclic) bond motifs is 1. The molecule has 23 heavy (non-hydrogen) atoms. The Bertz CT molecular complexity index is 816. The number of aromatic nitrogens is 1. The highest BCUT2D eigenvalue weighted by Crippen LogP contribution is 2.33. The van der Waals surface area contributed by atoms with Gasteiger partial charge in [-0.2, -0.15) is 0 Å². The first-order valence-electron chi connectivity index (χ1n) is 7.34. The molecule has 0 bridgehead atoms. The smallest absolute Gasteiger partial charge is 0.138 e. The van der Waals surface area contributed by atoms with Crippen molar-refractivity contribution in [3.8, 4) is 17.2 Å². The van der Waals surface area contributed by atoms with Crippen LogP contribution >= 0.6 is 0 Å². The minimum atomic E-state index is -0.0226. The summed E-state index contributed by atoms with van der Waals surface area (Å²) in [5.41, 5.74) is 8.12. The molecule has 0 amide bonds. The van der Waals surface area contributed by atoms with Crippen LogP contribution in [0.5, 0.6) is 17.2 Å². The maximum Gasteiger partial charge on any atom is 0.138 e. The number of hydrogen-bond donors (Lipinski definition) is 2. The number of aliphatic hydroxyl groups is 1. The van der Waals surface area contributed by atoms with Crippen LogP contribution in [-0.4, -0.2) is 23.3 Å². The van der Waals surface area contributed by atoms with Crippen LogP contribution < -0.4 is 15.2 Å². The molecule has 2 aromatic carbocycles. The quantitative estimate of drug-likeness (QED) is 0.707. The second-order valence-corrected chi connectivity index (χ2v) is 5.19. The minimum absolute atomic E-state index is 0.0226. The Balaban J connectivity index is 1.97. The van der Waals surface area contributed by atoms with Gasteiger partial charge in [0, 0.05) is 23.3 Å². The van der Waals surface area contributed by atoms with E-state index in [1.54, 1.807) is 18.3 Å². The molecule has 1 heterocycles. The number of pyridine rings is 1. The fourth-order valence-electron chi connectivity index (χ4n) is 2.32. The number of ether oxygens (including phenoxy) is 2. The van der Waals surface area contributed by atoms with Gasteiger partial charge in [0.25, 0.3) is 0 Å². The van der Waals surface area contributed by atoms with E-state index >= 15 is 0 Å². The van der Waals surface area contributed by atoms with E-state index in [4.69, 9.17) is 20.3 Å². The van der Waals surface area contributed by atoms with Crippen LogP contribution in [-0.2, 0) is 0 Å². The number of aryl methyl sites for hydroxylation is 1. The Morgan fingerprint density at radius 2 is 1.87 bits per heavy atom. The number of aliphatic hydroxyl groups excluding tert-OH is 1. The molecule has 5 nitrogen and oxygen atoms in total. The van der Waals surface area contributed by atoms with Crippen molar-refractivity contribution in [1.82, 2.24) is 4.98 Å². The summed E-state index contributed by atoms with van der Waals surface area (Å²) >= 11 is 0. The molecule has 0 saturated heterocycles. The largest absolute Gasteiger partial charge is 0.491 e. The van der Waals surface area contributed by atoms with Crippen LogP contribution in [0.2, 0.25) is 0 Å². The molecule has 1 aromatic heterocycles. The maximum absolute atomic E-state index is 8.89. The van der Waals surface area contributed by atoms with E-state index in [0.29, 0.717) is 17.2 Å². The van der Waals surface area contributed by atoms with Gasteiger partial charge in [-0.15, -0.1) is 0 Å². The van der Waals surface area contributed by atoms with E-state index in [1.807, 2.05) is 37.3 Å². The zero-order valence-corrected chi connectivity index (χ0v) is 12.8. The van der Waals surface area contributed by atoms with Crippen LogP contribution in [0.3, 0.4) is 0 Å². The van der Waals surface area contributed by atoms with Gasteiger partial charge in [-0.25, -0.2) is 0 Å². The average Bonchev–Trinajstić information content (AvgIpc) is 2.56. The van der Waals surface area contributed by atoms with Gasteiger partial charge in [-0.05, 0) is 48.9 Å². The molecule has 0 radical (unpaired) electrons. The molecule has 0 spiro atoms. The van der Waals surface area contributed by atoms with Gasteiger partial charge >= 0.3 is 0 Å². The molecule has 0 saturated carbocycles. The first kappa shape index (κ1) is 15.1. The van der Waals surface area contributed by atoms with Gasteiger partial charge in [0.15, 0.2) is 0 Å². The summed E-state index contributed by atoms with van der Waals surface area (Å²) in [6.07, 6.45) is 1.69. The Hall–Kier alpha value is -2.79. The summed E-state index contributed by atoms with van der Waals surface area (Å²) in [6, 6.07) is 12.9. The summed E-state index contributed by atoms with van der Waals surface area (Å²) < 4.78 is 11.5. The molecule has 5 heteroatoms. The summed E-state index contributed by atoms with van der Waals surface area (Å²) in [7, 11) is 0. The first-order valence-corrected chi connectivity index (χ1v) is 7.34. The van der Waals surface area contributed by atoms with Crippen LogP contribution in [0.4, 0.5) is 5.69 Å². The van der Waals surface area contributed by atoms with Crippen molar-refractivity contribution in [2.45, 2.75) is 6.92 Å². The zero-order chi connectivity index (χ0) is 16.2. The van der Waals surface area contributed by atoms with Gasteiger partial charge in [0.2, 0.25) is 0 Å². The van der Waals surface area contributed by atoms with Gasteiger partial charge in [0.1, 0.15) is 23.9 Å². The number of rotatable bonds is 5. The molecule has 3 aromatic rings. The second kappa shape index (κ2) is 6.54. The van der Waals surface area contributed by atoms with Crippen molar-refractivity contribution >= 4 is 16.6 Å². The normalized spacial score (nSPS) is 10.7. The van der Waals surface area contributed by atoms with Crippen molar-refractivity contribution in [1.29, 1.82) is 0 Å². The highest BCUT2D eigenvalue weighted by molar-refractivity contribution is 5.87. The number of nitrogen functional groups attached to an aromatic ring is 1. The average molecular weight is 310 g/mol. The van der Waals surface area contributed by atoms with Crippen molar-refractivity contribution in [2.24, 2.45) is 0 Å². The lowest BCUT2D eigenvalue weighted by atomic mass is 10.1. The van der Waals surface area contributed by atoms with Crippen molar-refractivity contribution < 1.29 is 14.6 Å². The van der Waals surface area contributed by atoms with Gasteiger partial charge in [0.05, 0.1) is 12.1 Å². The van der Waals surface area contributed by atoms with Crippen LogP contribution in [0.1, 0.15) is 5.56 Å². The first-order chi connectivity index (χ1) is 11.2. The molecular formula is C18H18N2O3. The standard InChI is InChI=1S/C18H18N2O3/c1-12-10-15-16(11-18(12)22-9-8-21)20-7-6-17(15)23-14-4-2-13(19)3-5-14/h2-7,10-11,21H,8-9,19H2,1H3. The summed E-state index contributed by atoms with van der Waals surface area (Å²) in [5, 5.41) is 9.79. The predicted molar refractivity (Wildman–Crippen MR) is 90.0 cm³/mol. The molecule has 118 valence electrons. The number of nitrogens with zero attached hydrogens (tertiary/aromatic N) is 1. The van der Waals surface area contributed by atoms with Crippen LogP contribution in [0.15, 0.2) is 48.7 Å². The lowest BCUT2D eigenvalue weighted by Crippen LogP contribution is -2.03. The monoisotopic (exact) mass is 310 g/mol. The topological polar surface area (TPSA) is 77.6 Å².